The molecule has 0 radical (unpaired) electrons. The van der Waals surface area contributed by atoms with Crippen LogP contribution in [0.3, 0.4) is 0 Å². The van der Waals surface area contributed by atoms with Gasteiger partial charge in [-0.05, 0) is 30.2 Å². The molecule has 0 N–H and O–H groups in total. The molecule has 0 bridgehead atoms. The number of Topliss-reactive ketones (excluding diaryl/α,β-unsaturated/α-hetero) is 2. The molecule has 2 aromatic carbocycles. The van der Waals surface area contributed by atoms with Gasteiger partial charge in [-0.25, -0.2) is 0 Å². The zero-order valence-corrected chi connectivity index (χ0v) is 11.9. The first kappa shape index (κ1) is 13.4. The first-order valence-corrected chi connectivity index (χ1v) is 6.90. The second kappa shape index (κ2) is 4.77. The van der Waals surface area contributed by atoms with Crippen LogP contribution in [0.15, 0.2) is 36.4 Å². The zero-order chi connectivity index (χ0) is 15.1. The second-order valence-corrected chi connectivity index (χ2v) is 5.18. The summed E-state index contributed by atoms with van der Waals surface area (Å²) >= 11 is 0. The Morgan fingerprint density at radius 1 is 0.857 bits per heavy atom. The Kier molecular flexibility index (Phi) is 3.05. The van der Waals surface area contributed by atoms with Gasteiger partial charge in [0.15, 0.2) is 17.3 Å². The van der Waals surface area contributed by atoms with E-state index in [2.05, 4.69) is 0 Å². The fraction of sp³-hybridized carbons (Fsp3) is 0.167. The molecule has 0 fully saturated rings. The summed E-state index contributed by atoms with van der Waals surface area (Å²) in [4.78, 5) is 35.7. The molecule has 104 valence electrons. The van der Waals surface area contributed by atoms with Crippen molar-refractivity contribution in [2.24, 2.45) is 0 Å². The fourth-order valence-corrected chi connectivity index (χ4v) is 2.68. The summed E-state index contributed by atoms with van der Waals surface area (Å²) in [7, 11) is 0. The molecule has 1 aliphatic rings. The number of carbonyl (C=O) groups is 3. The van der Waals surface area contributed by atoms with Gasteiger partial charge >= 0.3 is 0 Å². The smallest absolute Gasteiger partial charge is 0.194 e. The molecular weight excluding hydrogens is 264 g/mol. The van der Waals surface area contributed by atoms with Crippen LogP contribution in [0.5, 0.6) is 0 Å². The standard InChI is InChI=1S/C18H14O3/c1-3-17(20)12-5-7-14-13-6-4-11(10(2)19)8-15(13)18(21)16(14)9-12/h4-9H,3H2,1-2H3. The quantitative estimate of drug-likeness (QED) is 0.686. The number of benzene rings is 2. The van der Waals surface area contributed by atoms with E-state index >= 15 is 0 Å². The minimum atomic E-state index is -0.117. The Balaban J connectivity index is 2.15. The summed E-state index contributed by atoms with van der Waals surface area (Å²) in [6.45, 7) is 3.28. The highest BCUT2D eigenvalue weighted by atomic mass is 16.1. The first-order valence-electron chi connectivity index (χ1n) is 6.90. The van der Waals surface area contributed by atoms with Crippen LogP contribution in [-0.4, -0.2) is 17.3 Å². The first-order chi connectivity index (χ1) is 10.0. The summed E-state index contributed by atoms with van der Waals surface area (Å²) in [6, 6.07) is 10.4. The second-order valence-electron chi connectivity index (χ2n) is 5.18. The number of rotatable bonds is 3. The minimum absolute atomic E-state index is 0.0194. The van der Waals surface area contributed by atoms with Crippen molar-refractivity contribution in [1.82, 2.24) is 0 Å². The highest BCUT2D eigenvalue weighted by molar-refractivity contribution is 6.23. The molecule has 0 aliphatic heterocycles. The van der Waals surface area contributed by atoms with Crippen molar-refractivity contribution in [3.8, 4) is 11.1 Å². The lowest BCUT2D eigenvalue weighted by Crippen LogP contribution is -2.01. The van der Waals surface area contributed by atoms with E-state index in [0.29, 0.717) is 28.7 Å². The van der Waals surface area contributed by atoms with Gasteiger partial charge in [-0.3, -0.25) is 14.4 Å². The average molecular weight is 278 g/mol. The molecule has 0 amide bonds. The minimum Gasteiger partial charge on any atom is -0.295 e. The summed E-state index contributed by atoms with van der Waals surface area (Å²) < 4.78 is 0. The number of hydrogen-bond donors (Lipinski definition) is 0. The molecule has 3 rings (SSSR count). The van der Waals surface area contributed by atoms with Gasteiger partial charge in [0, 0.05) is 28.7 Å². The molecule has 0 atom stereocenters. The predicted molar refractivity (Wildman–Crippen MR) is 79.9 cm³/mol. The van der Waals surface area contributed by atoms with Crippen LogP contribution in [0.4, 0.5) is 0 Å². The molecule has 21 heavy (non-hydrogen) atoms. The van der Waals surface area contributed by atoms with E-state index in [0.717, 1.165) is 11.1 Å². The van der Waals surface area contributed by atoms with Crippen LogP contribution in [0.2, 0.25) is 0 Å². The number of carbonyl (C=O) groups excluding carboxylic acids is 3. The maximum atomic E-state index is 12.5. The molecule has 3 heteroatoms. The van der Waals surface area contributed by atoms with Crippen LogP contribution < -0.4 is 0 Å². The van der Waals surface area contributed by atoms with Crippen LogP contribution in [0, 0.1) is 0 Å². The molecule has 0 unspecified atom stereocenters. The van der Waals surface area contributed by atoms with E-state index < -0.39 is 0 Å². The van der Waals surface area contributed by atoms with Crippen molar-refractivity contribution in [3.05, 3.63) is 58.7 Å². The van der Waals surface area contributed by atoms with Crippen LogP contribution >= 0.6 is 0 Å². The van der Waals surface area contributed by atoms with Gasteiger partial charge in [-0.15, -0.1) is 0 Å². The summed E-state index contributed by atoms with van der Waals surface area (Å²) in [5.41, 5.74) is 3.83. The molecule has 0 heterocycles. The van der Waals surface area contributed by atoms with E-state index in [1.165, 1.54) is 6.92 Å². The summed E-state index contributed by atoms with van der Waals surface area (Å²) in [5.74, 6) is -0.164. The van der Waals surface area contributed by atoms with E-state index in [1.807, 2.05) is 6.07 Å². The van der Waals surface area contributed by atoms with Crippen molar-refractivity contribution in [1.29, 1.82) is 0 Å². The molecule has 0 saturated carbocycles. The Morgan fingerprint density at radius 2 is 1.38 bits per heavy atom. The fourth-order valence-electron chi connectivity index (χ4n) is 2.68. The topological polar surface area (TPSA) is 51.2 Å². The van der Waals surface area contributed by atoms with Gasteiger partial charge in [-0.1, -0.05) is 31.2 Å². The van der Waals surface area contributed by atoms with E-state index in [4.69, 9.17) is 0 Å². The lowest BCUT2D eigenvalue weighted by atomic mass is 10.00. The van der Waals surface area contributed by atoms with Gasteiger partial charge < -0.3 is 0 Å². The summed E-state index contributed by atoms with van der Waals surface area (Å²) in [6.07, 6.45) is 0.411. The highest BCUT2D eigenvalue weighted by Crippen LogP contribution is 2.37. The molecular formula is C18H14O3. The Labute approximate surface area is 122 Å². The van der Waals surface area contributed by atoms with Gasteiger partial charge in [0.2, 0.25) is 0 Å². The lowest BCUT2D eigenvalue weighted by molar-refractivity contribution is 0.0985. The SMILES string of the molecule is CCC(=O)c1ccc2c(c1)C(=O)c1cc(C(C)=O)ccc1-2. The number of hydrogen-bond acceptors (Lipinski definition) is 3. The molecule has 0 saturated heterocycles. The highest BCUT2D eigenvalue weighted by Gasteiger charge is 2.27. The normalized spacial score (nSPS) is 12.0. The maximum absolute atomic E-state index is 12.5. The third kappa shape index (κ3) is 2.02. The Bertz CT molecular complexity index is 800. The third-order valence-electron chi connectivity index (χ3n) is 3.87. The lowest BCUT2D eigenvalue weighted by Gasteiger charge is -2.03. The van der Waals surface area contributed by atoms with Gasteiger partial charge in [0.25, 0.3) is 0 Å². The average Bonchev–Trinajstić information content (AvgIpc) is 2.78. The number of fused-ring (bicyclic) bond motifs is 3. The van der Waals surface area contributed by atoms with E-state index in [1.54, 1.807) is 37.3 Å². The van der Waals surface area contributed by atoms with Gasteiger partial charge in [0.05, 0.1) is 0 Å². The van der Waals surface area contributed by atoms with Crippen LogP contribution in [-0.2, 0) is 0 Å². The van der Waals surface area contributed by atoms with Crippen molar-refractivity contribution in [2.45, 2.75) is 20.3 Å². The molecule has 0 spiro atoms. The Morgan fingerprint density at radius 3 is 1.90 bits per heavy atom. The summed E-state index contributed by atoms with van der Waals surface area (Å²) in [5, 5.41) is 0. The van der Waals surface area contributed by atoms with E-state index in [-0.39, 0.29) is 17.3 Å². The van der Waals surface area contributed by atoms with Crippen LogP contribution in [0.1, 0.15) is 56.9 Å². The Hall–Kier alpha value is -2.55. The monoisotopic (exact) mass is 278 g/mol. The molecule has 2 aromatic rings. The van der Waals surface area contributed by atoms with Crippen LogP contribution in [0.25, 0.3) is 11.1 Å². The number of ketones is 3. The largest absolute Gasteiger partial charge is 0.295 e. The molecule has 3 nitrogen and oxygen atoms in total. The third-order valence-corrected chi connectivity index (χ3v) is 3.87. The van der Waals surface area contributed by atoms with Gasteiger partial charge in [-0.2, -0.15) is 0 Å². The van der Waals surface area contributed by atoms with Crippen molar-refractivity contribution >= 4 is 17.3 Å². The van der Waals surface area contributed by atoms with Gasteiger partial charge in [0.1, 0.15) is 0 Å². The van der Waals surface area contributed by atoms with E-state index in [9.17, 15) is 14.4 Å². The molecule has 0 aromatic heterocycles. The molecule has 1 aliphatic carbocycles. The van der Waals surface area contributed by atoms with Crippen molar-refractivity contribution in [3.63, 3.8) is 0 Å². The van der Waals surface area contributed by atoms with Crippen molar-refractivity contribution in [2.75, 3.05) is 0 Å². The van der Waals surface area contributed by atoms with Crippen molar-refractivity contribution < 1.29 is 14.4 Å². The maximum Gasteiger partial charge on any atom is 0.194 e. The predicted octanol–water partition coefficient (Wildman–Crippen LogP) is 3.69. The zero-order valence-electron chi connectivity index (χ0n) is 11.9.